The van der Waals surface area contributed by atoms with E-state index in [1.165, 1.54) is 64.2 Å². The molecule has 0 aromatic carbocycles. The van der Waals surface area contributed by atoms with E-state index in [0.29, 0.717) is 12.8 Å². The summed E-state index contributed by atoms with van der Waals surface area (Å²) in [5.74, 6) is -0.299. The second-order valence-electron chi connectivity index (χ2n) is 7.19. The third-order valence-electron chi connectivity index (χ3n) is 4.54. The highest BCUT2D eigenvalue weighted by molar-refractivity contribution is 7.90. The van der Waals surface area contributed by atoms with Crippen LogP contribution >= 0.6 is 0 Å². The first-order chi connectivity index (χ1) is 12.0. The molecule has 0 radical (unpaired) electrons. The van der Waals surface area contributed by atoms with Crippen molar-refractivity contribution < 1.29 is 13.2 Å². The SMILES string of the molecule is CCCCCCCCCCCCCCCC(=O)NS(=O)(=O)CCCC. The zero-order valence-electron chi connectivity index (χ0n) is 16.7. The minimum absolute atomic E-state index is 0.0494. The summed E-state index contributed by atoms with van der Waals surface area (Å²) in [5, 5.41) is 0. The third-order valence-corrected chi connectivity index (χ3v) is 5.91. The van der Waals surface area contributed by atoms with Crippen molar-refractivity contribution in [2.75, 3.05) is 5.75 Å². The predicted octanol–water partition coefficient (Wildman–Crippen LogP) is 5.71. The molecule has 0 aliphatic rings. The molecule has 0 bridgehead atoms. The van der Waals surface area contributed by atoms with Crippen LogP contribution in [0.25, 0.3) is 0 Å². The standard InChI is InChI=1S/C20H41NO3S/c1-3-5-7-8-9-10-11-12-13-14-15-16-17-18-20(22)21-25(23,24)19-6-4-2/h3-19H2,1-2H3,(H,21,22). The maximum atomic E-state index is 11.6. The Morgan fingerprint density at radius 1 is 0.640 bits per heavy atom. The predicted molar refractivity (Wildman–Crippen MR) is 107 cm³/mol. The molecule has 0 aliphatic heterocycles. The Hall–Kier alpha value is -0.580. The molecule has 0 spiro atoms. The molecule has 0 heterocycles. The third kappa shape index (κ3) is 18.0. The zero-order valence-corrected chi connectivity index (χ0v) is 17.5. The van der Waals surface area contributed by atoms with Crippen LogP contribution in [0, 0.1) is 0 Å². The van der Waals surface area contributed by atoms with Crippen molar-refractivity contribution >= 4 is 15.9 Å². The van der Waals surface area contributed by atoms with E-state index in [1.807, 2.05) is 6.92 Å². The lowest BCUT2D eigenvalue weighted by Crippen LogP contribution is -2.32. The zero-order chi connectivity index (χ0) is 18.8. The van der Waals surface area contributed by atoms with Gasteiger partial charge in [-0.2, -0.15) is 0 Å². The topological polar surface area (TPSA) is 63.2 Å². The first-order valence-corrected chi connectivity index (χ1v) is 12.2. The van der Waals surface area contributed by atoms with Crippen LogP contribution in [0.2, 0.25) is 0 Å². The molecule has 0 rings (SSSR count). The minimum Gasteiger partial charge on any atom is -0.274 e. The highest BCUT2D eigenvalue weighted by atomic mass is 32.2. The smallest absolute Gasteiger partial charge is 0.234 e. The largest absolute Gasteiger partial charge is 0.274 e. The van der Waals surface area contributed by atoms with Crippen LogP contribution in [0.4, 0.5) is 0 Å². The Morgan fingerprint density at radius 3 is 1.48 bits per heavy atom. The van der Waals surface area contributed by atoms with Gasteiger partial charge in [-0.1, -0.05) is 97.3 Å². The number of amides is 1. The Morgan fingerprint density at radius 2 is 1.04 bits per heavy atom. The normalized spacial score (nSPS) is 11.6. The number of nitrogens with one attached hydrogen (secondary N) is 1. The molecule has 0 aromatic heterocycles. The fourth-order valence-electron chi connectivity index (χ4n) is 2.91. The van der Waals surface area contributed by atoms with Gasteiger partial charge in [0.25, 0.3) is 0 Å². The summed E-state index contributed by atoms with van der Waals surface area (Å²) in [4.78, 5) is 11.6. The molecule has 0 saturated carbocycles. The average molecular weight is 376 g/mol. The number of hydrogen-bond donors (Lipinski definition) is 1. The van der Waals surface area contributed by atoms with Crippen molar-refractivity contribution in [3.8, 4) is 0 Å². The van der Waals surface area contributed by atoms with E-state index in [0.717, 1.165) is 25.7 Å². The van der Waals surface area contributed by atoms with Crippen molar-refractivity contribution in [1.82, 2.24) is 4.72 Å². The number of unbranched alkanes of at least 4 members (excludes halogenated alkanes) is 13. The number of carbonyl (C=O) groups is 1. The van der Waals surface area contributed by atoms with E-state index in [-0.39, 0.29) is 11.7 Å². The van der Waals surface area contributed by atoms with Gasteiger partial charge in [0, 0.05) is 6.42 Å². The highest BCUT2D eigenvalue weighted by Gasteiger charge is 2.13. The van der Waals surface area contributed by atoms with E-state index in [2.05, 4.69) is 11.6 Å². The molecule has 25 heavy (non-hydrogen) atoms. The molecule has 0 aromatic rings. The highest BCUT2D eigenvalue weighted by Crippen LogP contribution is 2.13. The van der Waals surface area contributed by atoms with Gasteiger partial charge in [-0.3, -0.25) is 9.52 Å². The van der Waals surface area contributed by atoms with Gasteiger partial charge in [0.05, 0.1) is 5.75 Å². The van der Waals surface area contributed by atoms with Gasteiger partial charge >= 0.3 is 0 Å². The van der Waals surface area contributed by atoms with Crippen LogP contribution in [0.15, 0.2) is 0 Å². The summed E-state index contributed by atoms with van der Waals surface area (Å²) in [7, 11) is -3.41. The molecular formula is C20H41NO3S. The lowest BCUT2D eigenvalue weighted by Gasteiger charge is -2.06. The monoisotopic (exact) mass is 375 g/mol. The summed E-state index contributed by atoms with van der Waals surface area (Å²) < 4.78 is 25.4. The number of sulfonamides is 1. The lowest BCUT2D eigenvalue weighted by molar-refractivity contribution is -0.119. The molecule has 0 saturated heterocycles. The Bertz CT molecular complexity index is 407. The summed E-state index contributed by atoms with van der Waals surface area (Å²) in [5.41, 5.74) is 0. The van der Waals surface area contributed by atoms with E-state index >= 15 is 0 Å². The molecule has 1 N–H and O–H groups in total. The lowest BCUT2D eigenvalue weighted by atomic mass is 10.0. The summed E-state index contributed by atoms with van der Waals surface area (Å²) in [6, 6.07) is 0. The van der Waals surface area contributed by atoms with Crippen LogP contribution in [0.3, 0.4) is 0 Å². The summed E-state index contributed by atoms with van der Waals surface area (Å²) in [6.45, 7) is 4.19. The molecule has 0 aliphatic carbocycles. The van der Waals surface area contributed by atoms with E-state index in [4.69, 9.17) is 0 Å². The molecule has 5 heteroatoms. The second kappa shape index (κ2) is 16.9. The van der Waals surface area contributed by atoms with Gasteiger partial charge < -0.3 is 0 Å². The number of rotatable bonds is 18. The second-order valence-corrected chi connectivity index (χ2v) is 9.03. The quantitative estimate of drug-likeness (QED) is 0.312. The van der Waals surface area contributed by atoms with Gasteiger partial charge in [-0.25, -0.2) is 8.42 Å². The Labute approximate surface area is 156 Å². The number of carbonyl (C=O) groups excluding carboxylic acids is 1. The molecule has 150 valence electrons. The first-order valence-electron chi connectivity index (χ1n) is 10.5. The molecule has 1 amide bonds. The van der Waals surface area contributed by atoms with Crippen molar-refractivity contribution in [1.29, 1.82) is 0 Å². The Kier molecular flexibility index (Phi) is 16.5. The fourth-order valence-corrected chi connectivity index (χ4v) is 4.13. The molecule has 0 fully saturated rings. The van der Waals surface area contributed by atoms with Crippen molar-refractivity contribution in [2.45, 2.75) is 117 Å². The minimum atomic E-state index is -3.41. The average Bonchev–Trinajstić information content (AvgIpc) is 2.57. The fraction of sp³-hybridized carbons (Fsp3) is 0.950. The van der Waals surface area contributed by atoms with Crippen LogP contribution in [0.5, 0.6) is 0 Å². The van der Waals surface area contributed by atoms with Gasteiger partial charge in [-0.05, 0) is 12.8 Å². The van der Waals surface area contributed by atoms with E-state index in [9.17, 15) is 13.2 Å². The first kappa shape index (κ1) is 24.4. The van der Waals surface area contributed by atoms with Gasteiger partial charge in [0.2, 0.25) is 15.9 Å². The molecule has 0 unspecified atom stereocenters. The van der Waals surface area contributed by atoms with Crippen LogP contribution in [0.1, 0.15) is 117 Å². The summed E-state index contributed by atoms with van der Waals surface area (Å²) >= 11 is 0. The van der Waals surface area contributed by atoms with Crippen LogP contribution in [-0.2, 0) is 14.8 Å². The van der Waals surface area contributed by atoms with E-state index in [1.54, 1.807) is 0 Å². The van der Waals surface area contributed by atoms with Crippen molar-refractivity contribution in [3.63, 3.8) is 0 Å². The van der Waals surface area contributed by atoms with Gasteiger partial charge in [0.15, 0.2) is 0 Å². The molecule has 0 atom stereocenters. The van der Waals surface area contributed by atoms with Crippen LogP contribution < -0.4 is 4.72 Å². The van der Waals surface area contributed by atoms with Crippen LogP contribution in [-0.4, -0.2) is 20.1 Å². The maximum Gasteiger partial charge on any atom is 0.234 e. The van der Waals surface area contributed by atoms with Gasteiger partial charge in [-0.15, -0.1) is 0 Å². The summed E-state index contributed by atoms with van der Waals surface area (Å²) in [6.07, 6.45) is 18.1. The Balaban J connectivity index is 3.36. The van der Waals surface area contributed by atoms with Gasteiger partial charge in [0.1, 0.15) is 0 Å². The molecular weight excluding hydrogens is 334 g/mol. The number of hydrogen-bond acceptors (Lipinski definition) is 3. The van der Waals surface area contributed by atoms with Crippen molar-refractivity contribution in [2.24, 2.45) is 0 Å². The maximum absolute atomic E-state index is 11.6. The molecule has 4 nitrogen and oxygen atoms in total. The van der Waals surface area contributed by atoms with E-state index < -0.39 is 10.0 Å². The van der Waals surface area contributed by atoms with Crippen molar-refractivity contribution in [3.05, 3.63) is 0 Å².